The highest BCUT2D eigenvalue weighted by molar-refractivity contribution is 9.10. The lowest BCUT2D eigenvalue weighted by Crippen LogP contribution is -2.25. The van der Waals surface area contributed by atoms with E-state index in [2.05, 4.69) is 40.3 Å². The van der Waals surface area contributed by atoms with Crippen LogP contribution in [-0.2, 0) is 4.79 Å². The van der Waals surface area contributed by atoms with E-state index in [0.29, 0.717) is 5.92 Å². The normalized spacial score (nSPS) is 11.0. The first-order valence-corrected chi connectivity index (χ1v) is 8.56. The van der Waals surface area contributed by atoms with Crippen LogP contribution in [0.25, 0.3) is 0 Å². The minimum absolute atomic E-state index is 0.0686. The van der Waals surface area contributed by atoms with Crippen molar-refractivity contribution in [1.82, 2.24) is 5.43 Å². The molecular formula is C19H21BrN2O2. The van der Waals surface area contributed by atoms with Crippen LogP contribution in [0.2, 0.25) is 0 Å². The molecule has 2 aromatic rings. The van der Waals surface area contributed by atoms with Crippen LogP contribution in [0, 0.1) is 6.92 Å². The van der Waals surface area contributed by atoms with Crippen LogP contribution >= 0.6 is 15.9 Å². The third-order valence-electron chi connectivity index (χ3n) is 3.42. The van der Waals surface area contributed by atoms with Gasteiger partial charge in [0.1, 0.15) is 5.75 Å². The fourth-order valence-corrected chi connectivity index (χ4v) is 2.41. The number of benzene rings is 2. The van der Waals surface area contributed by atoms with Crippen molar-refractivity contribution >= 4 is 28.1 Å². The highest BCUT2D eigenvalue weighted by atomic mass is 79.9. The Hall–Kier alpha value is -2.14. The number of carbonyl (C=O) groups excluding carboxylic acids is 1. The Morgan fingerprint density at radius 1 is 1.25 bits per heavy atom. The minimum atomic E-state index is -0.292. The van der Waals surface area contributed by atoms with E-state index >= 15 is 0 Å². The van der Waals surface area contributed by atoms with Crippen LogP contribution in [0.5, 0.6) is 5.75 Å². The monoisotopic (exact) mass is 388 g/mol. The molecule has 0 saturated carbocycles. The van der Waals surface area contributed by atoms with Gasteiger partial charge in [-0.3, -0.25) is 4.79 Å². The van der Waals surface area contributed by atoms with Gasteiger partial charge in [-0.1, -0.05) is 54.0 Å². The summed E-state index contributed by atoms with van der Waals surface area (Å²) in [4.78, 5) is 11.9. The van der Waals surface area contributed by atoms with Crippen LogP contribution in [0.1, 0.15) is 36.5 Å². The second-order valence-corrected chi connectivity index (χ2v) is 6.75. The molecule has 5 heteroatoms. The van der Waals surface area contributed by atoms with Crippen molar-refractivity contribution in [3.05, 3.63) is 63.6 Å². The van der Waals surface area contributed by atoms with Gasteiger partial charge in [-0.05, 0) is 47.7 Å². The zero-order chi connectivity index (χ0) is 17.5. The van der Waals surface area contributed by atoms with Crippen LogP contribution in [-0.4, -0.2) is 18.7 Å². The standard InChI is InChI=1S/C19H21BrN2O2/c1-13(2)17-9-4-14(3)10-18(17)24-12-19(23)22-21-11-15-5-7-16(20)8-6-15/h4-11,13H,12H2,1-3H3,(H,22,23)/b21-11-. The first-order valence-electron chi connectivity index (χ1n) is 7.76. The van der Waals surface area contributed by atoms with Crippen molar-refractivity contribution in [2.75, 3.05) is 6.61 Å². The second kappa shape index (κ2) is 8.64. The number of hydrogen-bond donors (Lipinski definition) is 1. The lowest BCUT2D eigenvalue weighted by Gasteiger charge is -2.14. The maximum Gasteiger partial charge on any atom is 0.277 e. The molecule has 0 radical (unpaired) electrons. The third-order valence-corrected chi connectivity index (χ3v) is 3.95. The number of amides is 1. The summed E-state index contributed by atoms with van der Waals surface area (Å²) in [5, 5.41) is 3.94. The number of nitrogens with one attached hydrogen (secondary N) is 1. The van der Waals surface area contributed by atoms with Gasteiger partial charge in [-0.2, -0.15) is 5.10 Å². The number of carbonyl (C=O) groups is 1. The molecule has 0 saturated heterocycles. The molecule has 1 amide bonds. The fourth-order valence-electron chi connectivity index (χ4n) is 2.15. The molecular weight excluding hydrogens is 368 g/mol. The second-order valence-electron chi connectivity index (χ2n) is 5.83. The average Bonchev–Trinajstić information content (AvgIpc) is 2.54. The molecule has 0 aliphatic carbocycles. The van der Waals surface area contributed by atoms with Gasteiger partial charge in [0.15, 0.2) is 6.61 Å². The van der Waals surface area contributed by atoms with Gasteiger partial charge in [0.2, 0.25) is 0 Å². The van der Waals surface area contributed by atoms with E-state index in [9.17, 15) is 4.79 Å². The first-order chi connectivity index (χ1) is 11.5. The maximum atomic E-state index is 11.9. The molecule has 0 bridgehead atoms. The van der Waals surface area contributed by atoms with Crippen molar-refractivity contribution in [3.63, 3.8) is 0 Å². The number of aryl methyl sites for hydroxylation is 1. The molecule has 24 heavy (non-hydrogen) atoms. The molecule has 126 valence electrons. The number of ether oxygens (including phenoxy) is 1. The summed E-state index contributed by atoms with van der Waals surface area (Å²) in [5.41, 5.74) is 5.57. The number of hydrogen-bond acceptors (Lipinski definition) is 3. The van der Waals surface area contributed by atoms with E-state index in [4.69, 9.17) is 4.74 Å². The van der Waals surface area contributed by atoms with Gasteiger partial charge < -0.3 is 4.74 Å². The Balaban J connectivity index is 1.89. The Morgan fingerprint density at radius 3 is 2.62 bits per heavy atom. The van der Waals surface area contributed by atoms with Gasteiger partial charge in [0.25, 0.3) is 5.91 Å². The molecule has 0 atom stereocenters. The van der Waals surface area contributed by atoms with E-state index in [1.807, 2.05) is 49.4 Å². The zero-order valence-corrected chi connectivity index (χ0v) is 15.6. The van der Waals surface area contributed by atoms with Crippen LogP contribution < -0.4 is 10.2 Å². The van der Waals surface area contributed by atoms with E-state index in [0.717, 1.165) is 26.9 Å². The van der Waals surface area contributed by atoms with Crippen molar-refractivity contribution in [2.45, 2.75) is 26.7 Å². The van der Waals surface area contributed by atoms with Gasteiger partial charge in [0, 0.05) is 4.47 Å². The smallest absolute Gasteiger partial charge is 0.277 e. The number of hydrazone groups is 1. The number of halogens is 1. The molecule has 0 unspecified atom stereocenters. The lowest BCUT2D eigenvalue weighted by molar-refractivity contribution is -0.123. The topological polar surface area (TPSA) is 50.7 Å². The molecule has 4 nitrogen and oxygen atoms in total. The van der Waals surface area contributed by atoms with Crippen LogP contribution in [0.3, 0.4) is 0 Å². The fraction of sp³-hybridized carbons (Fsp3) is 0.263. The van der Waals surface area contributed by atoms with Crippen LogP contribution in [0.4, 0.5) is 0 Å². The molecule has 1 N–H and O–H groups in total. The molecule has 2 aromatic carbocycles. The first kappa shape index (κ1) is 18.2. The van der Waals surface area contributed by atoms with Gasteiger partial charge in [-0.15, -0.1) is 0 Å². The van der Waals surface area contributed by atoms with Gasteiger partial charge in [-0.25, -0.2) is 5.43 Å². The summed E-state index contributed by atoms with van der Waals surface area (Å²) < 4.78 is 6.66. The maximum absolute atomic E-state index is 11.9. The lowest BCUT2D eigenvalue weighted by atomic mass is 10.0. The summed E-state index contributed by atoms with van der Waals surface area (Å²) in [6, 6.07) is 13.7. The third kappa shape index (κ3) is 5.49. The Bertz CT molecular complexity index is 725. The van der Waals surface area contributed by atoms with E-state index in [1.165, 1.54) is 0 Å². The Morgan fingerprint density at radius 2 is 1.96 bits per heavy atom. The summed E-state index contributed by atoms with van der Waals surface area (Å²) in [6.07, 6.45) is 1.59. The van der Waals surface area contributed by atoms with Crippen molar-refractivity contribution < 1.29 is 9.53 Å². The molecule has 0 aromatic heterocycles. The largest absolute Gasteiger partial charge is 0.483 e. The quantitative estimate of drug-likeness (QED) is 0.588. The van der Waals surface area contributed by atoms with E-state index in [1.54, 1.807) is 6.21 Å². The van der Waals surface area contributed by atoms with Crippen molar-refractivity contribution in [3.8, 4) is 5.75 Å². The molecule has 0 heterocycles. The summed E-state index contributed by atoms with van der Waals surface area (Å²) in [7, 11) is 0. The van der Waals surface area contributed by atoms with Gasteiger partial charge in [0.05, 0.1) is 6.21 Å². The predicted molar refractivity (Wildman–Crippen MR) is 101 cm³/mol. The predicted octanol–water partition coefficient (Wildman–Crippen LogP) is 4.41. The van der Waals surface area contributed by atoms with Gasteiger partial charge >= 0.3 is 0 Å². The summed E-state index contributed by atoms with van der Waals surface area (Å²) >= 11 is 3.37. The summed E-state index contributed by atoms with van der Waals surface area (Å²) in [5.74, 6) is 0.788. The molecule has 0 aliphatic heterocycles. The average molecular weight is 389 g/mol. The minimum Gasteiger partial charge on any atom is -0.483 e. The van der Waals surface area contributed by atoms with E-state index in [-0.39, 0.29) is 12.5 Å². The zero-order valence-electron chi connectivity index (χ0n) is 14.0. The SMILES string of the molecule is Cc1ccc(C(C)C)c(OCC(=O)N/N=C\c2ccc(Br)cc2)c1. The highest BCUT2D eigenvalue weighted by Crippen LogP contribution is 2.27. The Labute approximate surface area is 151 Å². The Kier molecular flexibility index (Phi) is 6.55. The summed E-state index contributed by atoms with van der Waals surface area (Å²) in [6.45, 7) is 6.13. The molecule has 0 fully saturated rings. The molecule has 0 aliphatic rings. The van der Waals surface area contributed by atoms with Crippen LogP contribution in [0.15, 0.2) is 52.0 Å². The van der Waals surface area contributed by atoms with Crippen molar-refractivity contribution in [2.24, 2.45) is 5.10 Å². The molecule has 0 spiro atoms. The van der Waals surface area contributed by atoms with Crippen molar-refractivity contribution in [1.29, 1.82) is 0 Å². The molecule has 2 rings (SSSR count). The number of rotatable bonds is 6. The highest BCUT2D eigenvalue weighted by Gasteiger charge is 2.09. The number of nitrogens with zero attached hydrogens (tertiary/aromatic N) is 1. The van der Waals surface area contributed by atoms with E-state index < -0.39 is 0 Å².